The van der Waals surface area contributed by atoms with Crippen LogP contribution in [0.5, 0.6) is 0 Å². The number of carbonyl (C=O) groups excluding carboxylic acids is 1. The molecule has 1 fully saturated rings. The Morgan fingerprint density at radius 2 is 1.86 bits per heavy atom. The van der Waals surface area contributed by atoms with Crippen LogP contribution in [0.3, 0.4) is 0 Å². The summed E-state index contributed by atoms with van der Waals surface area (Å²) in [4.78, 5) is 22.0. The topological polar surface area (TPSA) is 48.5 Å². The molecule has 3 aromatic rings. The van der Waals surface area contributed by atoms with Gasteiger partial charge in [-0.15, -0.1) is 0 Å². The number of carbonyl (C=O) groups is 1. The van der Waals surface area contributed by atoms with Crippen LogP contribution in [0.25, 0.3) is 10.9 Å². The van der Waals surface area contributed by atoms with Crippen molar-refractivity contribution < 1.29 is 4.79 Å². The number of hydrogen-bond acceptors (Lipinski definition) is 4. The first-order chi connectivity index (χ1) is 13.7. The van der Waals surface area contributed by atoms with Gasteiger partial charge in [0.05, 0.1) is 17.1 Å². The van der Waals surface area contributed by atoms with E-state index in [0.29, 0.717) is 5.56 Å². The summed E-state index contributed by atoms with van der Waals surface area (Å²) >= 11 is 0. The van der Waals surface area contributed by atoms with Crippen molar-refractivity contribution in [1.82, 2.24) is 20.1 Å². The number of aromatic nitrogens is 1. The predicted molar refractivity (Wildman–Crippen MR) is 112 cm³/mol. The molecule has 0 aliphatic carbocycles. The lowest BCUT2D eigenvalue weighted by molar-refractivity contribution is 0.0923. The molecule has 0 saturated carbocycles. The molecule has 1 atom stereocenters. The quantitative estimate of drug-likeness (QED) is 0.763. The molecule has 5 heteroatoms. The molecule has 5 nitrogen and oxygen atoms in total. The van der Waals surface area contributed by atoms with Crippen molar-refractivity contribution in [1.29, 1.82) is 0 Å². The van der Waals surface area contributed by atoms with Crippen LogP contribution >= 0.6 is 0 Å². The summed E-state index contributed by atoms with van der Waals surface area (Å²) in [6.45, 7) is 4.58. The van der Waals surface area contributed by atoms with E-state index in [2.05, 4.69) is 51.4 Å². The third-order valence-electron chi connectivity index (χ3n) is 5.25. The Kier molecular flexibility index (Phi) is 5.65. The molecule has 144 valence electrons. The number of benzene rings is 2. The number of hydrogen-bond donors (Lipinski definition) is 1. The van der Waals surface area contributed by atoms with Crippen LogP contribution in [0.4, 0.5) is 0 Å². The summed E-state index contributed by atoms with van der Waals surface area (Å²) in [6, 6.07) is 20.4. The lowest BCUT2D eigenvalue weighted by Crippen LogP contribution is -2.46. The van der Waals surface area contributed by atoms with Gasteiger partial charge in [-0.05, 0) is 24.7 Å². The number of fused-ring (bicyclic) bond motifs is 1. The Morgan fingerprint density at radius 3 is 2.71 bits per heavy atom. The van der Waals surface area contributed by atoms with Gasteiger partial charge in [0.2, 0.25) is 0 Å². The van der Waals surface area contributed by atoms with Gasteiger partial charge in [-0.1, -0.05) is 48.5 Å². The molecule has 2 heterocycles. The number of rotatable bonds is 4. The predicted octanol–water partition coefficient (Wildman–Crippen LogP) is 2.78. The fraction of sp³-hybridized carbons (Fsp3) is 0.304. The summed E-state index contributed by atoms with van der Waals surface area (Å²) in [7, 11) is 2.11. The minimum absolute atomic E-state index is 0.0572. The first-order valence-corrected chi connectivity index (χ1v) is 9.78. The lowest BCUT2D eigenvalue weighted by Gasteiger charge is -2.25. The first kappa shape index (κ1) is 18.6. The maximum Gasteiger partial charge on any atom is 0.253 e. The summed E-state index contributed by atoms with van der Waals surface area (Å²) in [6.07, 6.45) is 1.67. The van der Waals surface area contributed by atoms with Crippen molar-refractivity contribution in [2.24, 2.45) is 0 Å². The van der Waals surface area contributed by atoms with E-state index in [1.54, 1.807) is 6.20 Å². The highest BCUT2D eigenvalue weighted by atomic mass is 16.1. The number of amides is 1. The normalized spacial score (nSPS) is 18.7. The molecule has 1 saturated heterocycles. The van der Waals surface area contributed by atoms with Crippen molar-refractivity contribution in [2.75, 3.05) is 33.2 Å². The van der Waals surface area contributed by atoms with E-state index < -0.39 is 0 Å². The average Bonchev–Trinajstić information content (AvgIpc) is 2.89. The van der Waals surface area contributed by atoms with Crippen LogP contribution in [-0.2, 0) is 6.54 Å². The Bertz CT molecular complexity index is 943. The fourth-order valence-electron chi connectivity index (χ4n) is 3.78. The third kappa shape index (κ3) is 4.55. The van der Waals surface area contributed by atoms with Crippen molar-refractivity contribution in [3.8, 4) is 0 Å². The maximum absolute atomic E-state index is 12.9. The molecule has 1 aliphatic heterocycles. The second-order valence-electron chi connectivity index (χ2n) is 7.57. The number of nitrogens with zero attached hydrogens (tertiary/aromatic N) is 3. The second-order valence-corrected chi connectivity index (χ2v) is 7.57. The van der Waals surface area contributed by atoms with Gasteiger partial charge in [-0.2, -0.15) is 0 Å². The van der Waals surface area contributed by atoms with Crippen LogP contribution in [0.2, 0.25) is 0 Å². The number of nitrogens with one attached hydrogen (secondary N) is 1. The molecule has 4 rings (SSSR count). The molecule has 0 radical (unpaired) electrons. The minimum atomic E-state index is -0.0572. The summed E-state index contributed by atoms with van der Waals surface area (Å²) in [5.41, 5.74) is 2.82. The Labute approximate surface area is 166 Å². The van der Waals surface area contributed by atoms with Gasteiger partial charge in [-0.3, -0.25) is 14.7 Å². The molecule has 1 aromatic heterocycles. The zero-order valence-electron chi connectivity index (χ0n) is 16.2. The largest absolute Gasteiger partial charge is 0.347 e. The Balaban J connectivity index is 1.45. The van der Waals surface area contributed by atoms with Gasteiger partial charge < -0.3 is 10.2 Å². The van der Waals surface area contributed by atoms with E-state index >= 15 is 0 Å². The van der Waals surface area contributed by atoms with Gasteiger partial charge in [0.1, 0.15) is 0 Å². The zero-order valence-corrected chi connectivity index (χ0v) is 16.2. The number of likely N-dealkylation sites (N-methyl/N-ethyl adjacent to an activating group) is 1. The molecule has 1 N–H and O–H groups in total. The fourth-order valence-corrected chi connectivity index (χ4v) is 3.78. The van der Waals surface area contributed by atoms with Crippen LogP contribution < -0.4 is 5.32 Å². The van der Waals surface area contributed by atoms with E-state index in [9.17, 15) is 4.79 Å². The Hall–Kier alpha value is -2.76. The van der Waals surface area contributed by atoms with Gasteiger partial charge in [0.15, 0.2) is 0 Å². The lowest BCUT2D eigenvalue weighted by atomic mass is 10.1. The first-order valence-electron chi connectivity index (χ1n) is 9.78. The Morgan fingerprint density at radius 1 is 1.07 bits per heavy atom. The second kappa shape index (κ2) is 8.50. The van der Waals surface area contributed by atoms with Gasteiger partial charge in [0, 0.05) is 44.3 Å². The molecule has 1 unspecified atom stereocenters. The van der Waals surface area contributed by atoms with Gasteiger partial charge >= 0.3 is 0 Å². The van der Waals surface area contributed by atoms with Gasteiger partial charge in [-0.25, -0.2) is 0 Å². The van der Waals surface area contributed by atoms with Crippen LogP contribution in [0, 0.1) is 0 Å². The minimum Gasteiger partial charge on any atom is -0.347 e. The molecule has 1 aliphatic rings. The highest BCUT2D eigenvalue weighted by Crippen LogP contribution is 2.14. The molecule has 28 heavy (non-hydrogen) atoms. The summed E-state index contributed by atoms with van der Waals surface area (Å²) < 4.78 is 0. The van der Waals surface area contributed by atoms with E-state index in [-0.39, 0.29) is 11.9 Å². The van der Waals surface area contributed by atoms with Crippen molar-refractivity contribution in [3.05, 3.63) is 78.0 Å². The highest BCUT2D eigenvalue weighted by Gasteiger charge is 2.23. The smallest absolute Gasteiger partial charge is 0.253 e. The highest BCUT2D eigenvalue weighted by molar-refractivity contribution is 5.97. The van der Waals surface area contributed by atoms with E-state index in [1.807, 2.05) is 36.4 Å². The van der Waals surface area contributed by atoms with Gasteiger partial charge in [0.25, 0.3) is 5.91 Å². The zero-order chi connectivity index (χ0) is 19.3. The molecule has 0 bridgehead atoms. The monoisotopic (exact) mass is 374 g/mol. The van der Waals surface area contributed by atoms with Crippen molar-refractivity contribution >= 4 is 16.8 Å². The van der Waals surface area contributed by atoms with Crippen LogP contribution in [0.15, 0.2) is 66.9 Å². The summed E-state index contributed by atoms with van der Waals surface area (Å²) in [5.74, 6) is -0.0572. The molecule has 0 spiro atoms. The van der Waals surface area contributed by atoms with Crippen molar-refractivity contribution in [3.63, 3.8) is 0 Å². The van der Waals surface area contributed by atoms with E-state index in [4.69, 9.17) is 0 Å². The molecular formula is C23H26N4O. The van der Waals surface area contributed by atoms with E-state index in [1.165, 1.54) is 5.56 Å². The molecular weight excluding hydrogens is 348 g/mol. The standard InChI is InChI=1S/C23H26N4O/c1-26-11-12-27(15-18-7-3-2-4-8-18)17-21(16-26)25-23(28)20-13-19-9-5-6-10-22(19)24-14-20/h2-10,13-14,21H,11-12,15-17H2,1H3,(H,25,28). The van der Waals surface area contributed by atoms with Crippen LogP contribution in [0.1, 0.15) is 15.9 Å². The summed E-state index contributed by atoms with van der Waals surface area (Å²) in [5, 5.41) is 4.21. The van der Waals surface area contributed by atoms with Crippen molar-refractivity contribution in [2.45, 2.75) is 12.6 Å². The third-order valence-corrected chi connectivity index (χ3v) is 5.25. The number of pyridine rings is 1. The number of para-hydroxylation sites is 1. The SMILES string of the molecule is CN1CCN(Cc2ccccc2)CC(NC(=O)c2cnc3ccccc3c2)C1. The average molecular weight is 374 g/mol. The molecule has 2 aromatic carbocycles. The molecule has 1 amide bonds. The van der Waals surface area contributed by atoms with E-state index in [0.717, 1.165) is 43.6 Å². The maximum atomic E-state index is 12.9. The van der Waals surface area contributed by atoms with Crippen LogP contribution in [-0.4, -0.2) is 60.0 Å².